The Morgan fingerprint density at radius 2 is 2.05 bits per heavy atom. The summed E-state index contributed by atoms with van der Waals surface area (Å²) in [6.45, 7) is 0.344. The molecule has 6 nitrogen and oxygen atoms in total. The number of carbonyl (C=O) groups excluding carboxylic acids is 2. The van der Waals surface area contributed by atoms with Gasteiger partial charge in [0.2, 0.25) is 11.8 Å². The molecule has 1 fully saturated rings. The Balaban J connectivity index is 2.18. The van der Waals surface area contributed by atoms with E-state index in [1.54, 1.807) is 12.1 Å². The zero-order valence-corrected chi connectivity index (χ0v) is 11.9. The smallest absolute Gasteiger partial charge is 0.229 e. The second-order valence-electron chi connectivity index (χ2n) is 4.38. The van der Waals surface area contributed by atoms with E-state index in [0.717, 1.165) is 0 Å². The van der Waals surface area contributed by atoms with E-state index in [1.165, 1.54) is 14.2 Å². The van der Waals surface area contributed by atoms with Gasteiger partial charge in [-0.15, -0.1) is 0 Å². The average molecular weight is 299 g/mol. The Kier molecular flexibility index (Phi) is 4.34. The number of methoxy groups -OCH3 is 2. The van der Waals surface area contributed by atoms with Gasteiger partial charge in [-0.3, -0.25) is 9.59 Å². The summed E-state index contributed by atoms with van der Waals surface area (Å²) in [5.41, 5.74) is 0.447. The maximum absolute atomic E-state index is 12.1. The van der Waals surface area contributed by atoms with E-state index in [1.807, 2.05) is 0 Å². The van der Waals surface area contributed by atoms with Crippen LogP contribution in [0.5, 0.6) is 11.5 Å². The summed E-state index contributed by atoms with van der Waals surface area (Å²) < 4.78 is 10.3. The van der Waals surface area contributed by atoms with E-state index < -0.39 is 0 Å². The van der Waals surface area contributed by atoms with Crippen LogP contribution in [0.1, 0.15) is 6.42 Å². The van der Waals surface area contributed by atoms with Crippen LogP contribution in [-0.2, 0) is 9.59 Å². The highest BCUT2D eigenvalue weighted by atomic mass is 35.5. The first-order valence-corrected chi connectivity index (χ1v) is 6.42. The summed E-state index contributed by atoms with van der Waals surface area (Å²) >= 11 is 6.03. The molecule has 0 aromatic heterocycles. The lowest BCUT2D eigenvalue weighted by Gasteiger charge is -2.14. The fourth-order valence-electron chi connectivity index (χ4n) is 1.98. The molecule has 0 bridgehead atoms. The summed E-state index contributed by atoms with van der Waals surface area (Å²) in [5, 5.41) is 5.70. The number of nitrogens with one attached hydrogen (secondary N) is 2. The Hall–Kier alpha value is -1.95. The SMILES string of the molecule is COc1cc(OC)c(NC(=O)[C@H]2CNC(=O)C2)cc1Cl. The Morgan fingerprint density at radius 1 is 1.35 bits per heavy atom. The summed E-state index contributed by atoms with van der Waals surface area (Å²) in [6, 6.07) is 3.15. The molecular formula is C13H15ClN2O4. The van der Waals surface area contributed by atoms with Gasteiger partial charge in [0.15, 0.2) is 0 Å². The van der Waals surface area contributed by atoms with Crippen molar-refractivity contribution in [3.05, 3.63) is 17.2 Å². The topological polar surface area (TPSA) is 76.7 Å². The molecule has 1 aliphatic rings. The molecular weight excluding hydrogens is 284 g/mol. The van der Waals surface area contributed by atoms with Crippen molar-refractivity contribution in [2.24, 2.45) is 5.92 Å². The molecule has 0 saturated carbocycles. The Bertz CT molecular complexity index is 547. The highest BCUT2D eigenvalue weighted by Gasteiger charge is 2.28. The number of anilines is 1. The summed E-state index contributed by atoms with van der Waals surface area (Å²) in [6.07, 6.45) is 0.192. The van der Waals surface area contributed by atoms with Crippen LogP contribution in [-0.4, -0.2) is 32.6 Å². The standard InChI is InChI=1S/C13H15ClN2O4/c1-19-10-5-11(20-2)9(4-8(10)14)16-13(18)7-3-12(17)15-6-7/h4-5,7H,3,6H2,1-2H3,(H,15,17)(H,16,18)/t7-/m1/s1. The summed E-state index contributed by atoms with van der Waals surface area (Å²) in [7, 11) is 2.98. The predicted octanol–water partition coefficient (Wildman–Crippen LogP) is 1.43. The Labute approximate surface area is 121 Å². The van der Waals surface area contributed by atoms with Crippen LogP contribution in [0.3, 0.4) is 0 Å². The van der Waals surface area contributed by atoms with Gasteiger partial charge in [-0.2, -0.15) is 0 Å². The van der Waals surface area contributed by atoms with E-state index in [0.29, 0.717) is 28.8 Å². The first-order chi connectivity index (χ1) is 9.55. The fraction of sp³-hybridized carbons (Fsp3) is 0.385. The molecule has 108 valence electrons. The van der Waals surface area contributed by atoms with Gasteiger partial charge < -0.3 is 20.1 Å². The minimum Gasteiger partial charge on any atom is -0.495 e. The number of ether oxygens (including phenoxy) is 2. The lowest BCUT2D eigenvalue weighted by molar-refractivity contribution is -0.123. The monoisotopic (exact) mass is 298 g/mol. The molecule has 1 aliphatic heterocycles. The van der Waals surface area contributed by atoms with Gasteiger partial charge in [0.1, 0.15) is 11.5 Å². The highest BCUT2D eigenvalue weighted by Crippen LogP contribution is 2.36. The van der Waals surface area contributed by atoms with E-state index >= 15 is 0 Å². The molecule has 2 rings (SSSR count). The van der Waals surface area contributed by atoms with Crippen molar-refractivity contribution >= 4 is 29.1 Å². The van der Waals surface area contributed by atoms with Gasteiger partial charge in [-0.05, 0) is 6.07 Å². The minimum atomic E-state index is -0.381. The number of amides is 2. The molecule has 0 spiro atoms. The molecule has 1 atom stereocenters. The van der Waals surface area contributed by atoms with Crippen LogP contribution >= 0.6 is 11.6 Å². The molecule has 1 saturated heterocycles. The molecule has 2 amide bonds. The number of halogens is 1. The number of carbonyl (C=O) groups is 2. The molecule has 2 N–H and O–H groups in total. The van der Waals surface area contributed by atoms with Crippen LogP contribution < -0.4 is 20.1 Å². The highest BCUT2D eigenvalue weighted by molar-refractivity contribution is 6.32. The fourth-order valence-corrected chi connectivity index (χ4v) is 2.22. The largest absolute Gasteiger partial charge is 0.495 e. The number of hydrogen-bond acceptors (Lipinski definition) is 4. The quantitative estimate of drug-likeness (QED) is 0.881. The normalized spacial score (nSPS) is 17.6. The number of hydrogen-bond donors (Lipinski definition) is 2. The van der Waals surface area contributed by atoms with Crippen molar-refractivity contribution in [3.8, 4) is 11.5 Å². The third-order valence-corrected chi connectivity index (χ3v) is 3.38. The summed E-state index contributed by atoms with van der Waals surface area (Å²) in [4.78, 5) is 23.2. The van der Waals surface area contributed by atoms with Crippen LogP contribution in [0.2, 0.25) is 5.02 Å². The molecule has 20 heavy (non-hydrogen) atoms. The lowest BCUT2D eigenvalue weighted by Crippen LogP contribution is -2.24. The van der Waals surface area contributed by atoms with Crippen molar-refractivity contribution in [2.45, 2.75) is 6.42 Å². The van der Waals surface area contributed by atoms with E-state index in [4.69, 9.17) is 21.1 Å². The maximum Gasteiger partial charge on any atom is 0.229 e. The zero-order valence-electron chi connectivity index (χ0n) is 11.2. The van der Waals surface area contributed by atoms with Crippen molar-refractivity contribution in [1.29, 1.82) is 0 Å². The predicted molar refractivity (Wildman–Crippen MR) is 74.3 cm³/mol. The minimum absolute atomic E-state index is 0.120. The van der Waals surface area contributed by atoms with Gasteiger partial charge in [-0.1, -0.05) is 11.6 Å². The first-order valence-electron chi connectivity index (χ1n) is 6.04. The van der Waals surface area contributed by atoms with Gasteiger partial charge in [-0.25, -0.2) is 0 Å². The molecule has 0 radical (unpaired) electrons. The van der Waals surface area contributed by atoms with Crippen molar-refractivity contribution in [3.63, 3.8) is 0 Å². The van der Waals surface area contributed by atoms with Gasteiger partial charge in [0.05, 0.1) is 30.8 Å². The molecule has 0 unspecified atom stereocenters. The number of rotatable bonds is 4. The van der Waals surface area contributed by atoms with Crippen LogP contribution in [0.4, 0.5) is 5.69 Å². The van der Waals surface area contributed by atoms with Crippen molar-refractivity contribution < 1.29 is 19.1 Å². The van der Waals surface area contributed by atoms with Crippen LogP contribution in [0, 0.1) is 5.92 Å². The number of benzene rings is 1. The average Bonchev–Trinajstić information content (AvgIpc) is 2.86. The second-order valence-corrected chi connectivity index (χ2v) is 4.79. The molecule has 0 aliphatic carbocycles. The van der Waals surface area contributed by atoms with E-state index in [-0.39, 0.29) is 24.2 Å². The van der Waals surface area contributed by atoms with E-state index in [9.17, 15) is 9.59 Å². The first kappa shape index (κ1) is 14.5. The molecule has 1 heterocycles. The van der Waals surface area contributed by atoms with Crippen molar-refractivity contribution in [1.82, 2.24) is 5.32 Å². The maximum atomic E-state index is 12.1. The van der Waals surface area contributed by atoms with Gasteiger partial charge in [0, 0.05) is 19.0 Å². The van der Waals surface area contributed by atoms with Gasteiger partial charge >= 0.3 is 0 Å². The second kappa shape index (κ2) is 6.00. The molecule has 1 aromatic rings. The Morgan fingerprint density at radius 3 is 2.60 bits per heavy atom. The third kappa shape index (κ3) is 2.96. The van der Waals surface area contributed by atoms with Crippen LogP contribution in [0.15, 0.2) is 12.1 Å². The summed E-state index contributed by atoms with van der Waals surface area (Å²) in [5.74, 6) is 0.150. The van der Waals surface area contributed by atoms with Crippen molar-refractivity contribution in [2.75, 3.05) is 26.1 Å². The zero-order chi connectivity index (χ0) is 14.7. The molecule has 7 heteroatoms. The molecule has 1 aromatic carbocycles. The third-order valence-electron chi connectivity index (χ3n) is 3.08. The lowest BCUT2D eigenvalue weighted by atomic mass is 10.1. The van der Waals surface area contributed by atoms with E-state index in [2.05, 4.69) is 10.6 Å². The van der Waals surface area contributed by atoms with Crippen LogP contribution in [0.25, 0.3) is 0 Å². The van der Waals surface area contributed by atoms with Gasteiger partial charge in [0.25, 0.3) is 0 Å².